The minimum Gasteiger partial charge on any atom is -0.497 e. The largest absolute Gasteiger partial charge is 0.497 e. The Morgan fingerprint density at radius 3 is 2.85 bits per heavy atom. The van der Waals surface area contributed by atoms with E-state index in [-0.39, 0.29) is 0 Å². The number of hydrogen-bond donors (Lipinski definition) is 1. The molecule has 1 heterocycles. The number of nitrogens with two attached hydrogens (primary N) is 1. The number of aryl methyl sites for hydroxylation is 1. The highest BCUT2D eigenvalue weighted by Gasteiger charge is 2.11. The first-order valence-corrected chi connectivity index (χ1v) is 6.78. The summed E-state index contributed by atoms with van der Waals surface area (Å²) in [6.07, 6.45) is 4.63. The van der Waals surface area contributed by atoms with Crippen molar-refractivity contribution in [3.63, 3.8) is 0 Å². The lowest BCUT2D eigenvalue weighted by Crippen LogP contribution is -2.21. The van der Waals surface area contributed by atoms with Gasteiger partial charge in [-0.15, -0.1) is 0 Å². The lowest BCUT2D eigenvalue weighted by Gasteiger charge is -2.26. The molecule has 0 atom stereocenters. The predicted molar refractivity (Wildman–Crippen MR) is 82.6 cm³/mol. The summed E-state index contributed by atoms with van der Waals surface area (Å²) in [7, 11) is 1.68. The highest BCUT2D eigenvalue weighted by molar-refractivity contribution is 5.66. The molecule has 0 fully saturated rings. The van der Waals surface area contributed by atoms with Gasteiger partial charge in [0.2, 0.25) is 0 Å². The molecule has 1 aromatic heterocycles. The van der Waals surface area contributed by atoms with E-state index in [1.54, 1.807) is 7.11 Å². The summed E-state index contributed by atoms with van der Waals surface area (Å²) in [5, 5.41) is 0. The number of hydrogen-bond acceptors (Lipinski definition) is 4. The molecule has 0 aliphatic rings. The van der Waals surface area contributed by atoms with Crippen molar-refractivity contribution in [1.29, 1.82) is 0 Å². The fourth-order valence-corrected chi connectivity index (χ4v) is 2.19. The first kappa shape index (κ1) is 14.3. The number of anilines is 2. The van der Waals surface area contributed by atoms with Crippen molar-refractivity contribution in [1.82, 2.24) is 4.98 Å². The van der Waals surface area contributed by atoms with Crippen molar-refractivity contribution in [2.24, 2.45) is 5.73 Å². The normalized spacial score (nSPS) is 10.3. The van der Waals surface area contributed by atoms with Crippen LogP contribution in [0.1, 0.15) is 12.0 Å². The Balaban J connectivity index is 2.38. The van der Waals surface area contributed by atoms with Gasteiger partial charge in [0.25, 0.3) is 0 Å². The summed E-state index contributed by atoms with van der Waals surface area (Å²) in [5.41, 5.74) is 9.07. The maximum atomic E-state index is 5.66. The van der Waals surface area contributed by atoms with Gasteiger partial charge in [-0.1, -0.05) is 6.07 Å². The van der Waals surface area contributed by atoms with E-state index < -0.39 is 0 Å². The first-order valence-electron chi connectivity index (χ1n) is 6.78. The van der Waals surface area contributed by atoms with Gasteiger partial charge in [-0.3, -0.25) is 4.98 Å². The van der Waals surface area contributed by atoms with E-state index in [1.165, 1.54) is 0 Å². The van der Waals surface area contributed by atoms with Gasteiger partial charge in [0.1, 0.15) is 5.75 Å². The standard InChI is InChI=1S/C16H21N3O/c1-13-12-18-9-7-16(13)19(10-4-8-17)14-5-3-6-15(11-14)20-2/h3,5-7,9,11-12H,4,8,10,17H2,1-2H3. The van der Waals surface area contributed by atoms with Crippen LogP contribution in [0.15, 0.2) is 42.7 Å². The van der Waals surface area contributed by atoms with Crippen LogP contribution in [0, 0.1) is 6.92 Å². The Bertz CT molecular complexity index is 557. The average Bonchev–Trinajstić information content (AvgIpc) is 2.49. The van der Waals surface area contributed by atoms with Gasteiger partial charge >= 0.3 is 0 Å². The minimum absolute atomic E-state index is 0.671. The van der Waals surface area contributed by atoms with Gasteiger partial charge in [0.05, 0.1) is 7.11 Å². The minimum atomic E-state index is 0.671. The Hall–Kier alpha value is -2.07. The van der Waals surface area contributed by atoms with Gasteiger partial charge in [-0.05, 0) is 43.7 Å². The molecule has 2 rings (SSSR count). The topological polar surface area (TPSA) is 51.4 Å². The highest BCUT2D eigenvalue weighted by atomic mass is 16.5. The van der Waals surface area contributed by atoms with Crippen molar-refractivity contribution in [2.45, 2.75) is 13.3 Å². The van der Waals surface area contributed by atoms with Gasteiger partial charge in [-0.25, -0.2) is 0 Å². The van der Waals surface area contributed by atoms with Crippen LogP contribution in [0.2, 0.25) is 0 Å². The molecule has 0 saturated heterocycles. The number of ether oxygens (including phenoxy) is 1. The fourth-order valence-electron chi connectivity index (χ4n) is 2.19. The Kier molecular flexibility index (Phi) is 4.96. The van der Waals surface area contributed by atoms with Gasteiger partial charge in [-0.2, -0.15) is 0 Å². The maximum Gasteiger partial charge on any atom is 0.120 e. The molecule has 2 aromatic rings. The zero-order valence-electron chi connectivity index (χ0n) is 12.0. The lowest BCUT2D eigenvalue weighted by atomic mass is 10.2. The number of benzene rings is 1. The average molecular weight is 271 g/mol. The third-order valence-corrected chi connectivity index (χ3v) is 3.23. The summed E-state index contributed by atoms with van der Waals surface area (Å²) < 4.78 is 5.31. The van der Waals surface area contributed by atoms with E-state index in [4.69, 9.17) is 10.5 Å². The summed E-state index contributed by atoms with van der Waals surface area (Å²) >= 11 is 0. The molecule has 0 saturated carbocycles. The second-order valence-corrected chi connectivity index (χ2v) is 4.66. The lowest BCUT2D eigenvalue weighted by molar-refractivity contribution is 0.415. The Labute approximate surface area is 120 Å². The monoisotopic (exact) mass is 271 g/mol. The zero-order valence-corrected chi connectivity index (χ0v) is 12.0. The van der Waals surface area contributed by atoms with Gasteiger partial charge in [0.15, 0.2) is 0 Å². The molecule has 4 heteroatoms. The maximum absolute atomic E-state index is 5.66. The molecular formula is C16H21N3O. The van der Waals surface area contributed by atoms with E-state index in [1.807, 2.05) is 36.7 Å². The molecule has 1 aromatic carbocycles. The van der Waals surface area contributed by atoms with Crippen LogP contribution in [-0.2, 0) is 0 Å². The van der Waals surface area contributed by atoms with Crippen LogP contribution in [0.25, 0.3) is 0 Å². The van der Waals surface area contributed by atoms with Crippen LogP contribution in [0.3, 0.4) is 0 Å². The molecule has 0 spiro atoms. The second kappa shape index (κ2) is 6.91. The molecule has 0 amide bonds. The van der Waals surface area contributed by atoms with Crippen LogP contribution in [0.5, 0.6) is 5.75 Å². The fraction of sp³-hybridized carbons (Fsp3) is 0.312. The second-order valence-electron chi connectivity index (χ2n) is 4.66. The molecule has 0 radical (unpaired) electrons. The number of nitrogens with zero attached hydrogens (tertiary/aromatic N) is 2. The van der Waals surface area contributed by atoms with Crippen LogP contribution in [0.4, 0.5) is 11.4 Å². The molecule has 0 bridgehead atoms. The molecule has 20 heavy (non-hydrogen) atoms. The van der Waals surface area contributed by atoms with E-state index in [0.29, 0.717) is 6.54 Å². The molecule has 0 aliphatic carbocycles. The third kappa shape index (κ3) is 3.27. The highest BCUT2D eigenvalue weighted by Crippen LogP contribution is 2.30. The summed E-state index contributed by atoms with van der Waals surface area (Å²) in [5.74, 6) is 0.854. The number of rotatable bonds is 6. The smallest absolute Gasteiger partial charge is 0.120 e. The quantitative estimate of drug-likeness (QED) is 0.877. The molecular weight excluding hydrogens is 250 g/mol. The Morgan fingerprint density at radius 1 is 1.30 bits per heavy atom. The summed E-state index contributed by atoms with van der Waals surface area (Å²) in [6, 6.07) is 10.1. The van der Waals surface area contributed by atoms with E-state index in [9.17, 15) is 0 Å². The predicted octanol–water partition coefficient (Wildman–Crippen LogP) is 2.89. The SMILES string of the molecule is COc1cccc(N(CCCN)c2ccncc2C)c1. The van der Waals surface area contributed by atoms with Crippen molar-refractivity contribution in [2.75, 3.05) is 25.1 Å². The third-order valence-electron chi connectivity index (χ3n) is 3.23. The van der Waals surface area contributed by atoms with Crippen LogP contribution >= 0.6 is 0 Å². The number of methoxy groups -OCH3 is 1. The van der Waals surface area contributed by atoms with Crippen molar-refractivity contribution >= 4 is 11.4 Å². The van der Waals surface area contributed by atoms with Crippen molar-refractivity contribution < 1.29 is 4.74 Å². The summed E-state index contributed by atoms with van der Waals surface area (Å²) in [4.78, 5) is 6.42. The number of pyridine rings is 1. The molecule has 4 nitrogen and oxygen atoms in total. The van der Waals surface area contributed by atoms with Gasteiger partial charge in [0, 0.05) is 36.4 Å². The molecule has 0 aliphatic heterocycles. The van der Waals surface area contributed by atoms with Crippen LogP contribution < -0.4 is 15.4 Å². The molecule has 2 N–H and O–H groups in total. The van der Waals surface area contributed by atoms with Crippen molar-refractivity contribution in [3.05, 3.63) is 48.3 Å². The Morgan fingerprint density at radius 2 is 2.15 bits per heavy atom. The zero-order chi connectivity index (χ0) is 14.4. The van der Waals surface area contributed by atoms with E-state index in [0.717, 1.165) is 35.7 Å². The van der Waals surface area contributed by atoms with Crippen molar-refractivity contribution in [3.8, 4) is 5.75 Å². The number of aromatic nitrogens is 1. The summed E-state index contributed by atoms with van der Waals surface area (Å²) in [6.45, 7) is 3.61. The molecule has 106 valence electrons. The van der Waals surface area contributed by atoms with Crippen LogP contribution in [-0.4, -0.2) is 25.2 Å². The first-order chi connectivity index (χ1) is 9.76. The van der Waals surface area contributed by atoms with E-state index >= 15 is 0 Å². The van der Waals surface area contributed by atoms with E-state index in [2.05, 4.69) is 22.9 Å². The molecule has 0 unspecified atom stereocenters. The van der Waals surface area contributed by atoms with Gasteiger partial charge < -0.3 is 15.4 Å².